The van der Waals surface area contributed by atoms with Gasteiger partial charge in [-0.15, -0.1) is 0 Å². The largest absolute Gasteiger partial charge is 0.457 e. The van der Waals surface area contributed by atoms with Gasteiger partial charge in [0, 0.05) is 23.6 Å². The van der Waals surface area contributed by atoms with Crippen molar-refractivity contribution < 1.29 is 14.1 Å². The molecule has 1 N–H and O–H groups in total. The van der Waals surface area contributed by atoms with E-state index in [9.17, 15) is 14.9 Å². The van der Waals surface area contributed by atoms with Crippen LogP contribution in [0.3, 0.4) is 0 Å². The lowest BCUT2D eigenvalue weighted by atomic mass is 10.1. The molecule has 2 aliphatic rings. The third-order valence-electron chi connectivity index (χ3n) is 5.06. The molecule has 2 aliphatic heterocycles. The van der Waals surface area contributed by atoms with E-state index in [4.69, 9.17) is 9.83 Å². The fraction of sp³-hybridized carbons (Fsp3) is 0.238. The number of nitro benzene ring substituents is 1. The van der Waals surface area contributed by atoms with Crippen molar-refractivity contribution in [2.24, 2.45) is 16.0 Å². The first-order chi connectivity index (χ1) is 14.9. The van der Waals surface area contributed by atoms with E-state index in [2.05, 4.69) is 23.9 Å². The lowest BCUT2D eigenvalue weighted by molar-refractivity contribution is -0.384. The third kappa shape index (κ3) is 3.93. The van der Waals surface area contributed by atoms with Crippen LogP contribution in [0, 0.1) is 21.4 Å². The van der Waals surface area contributed by atoms with Crippen molar-refractivity contribution in [1.29, 1.82) is 5.41 Å². The summed E-state index contributed by atoms with van der Waals surface area (Å²) in [6, 6.07) is 9.38. The monoisotopic (exact) mass is 437 g/mol. The summed E-state index contributed by atoms with van der Waals surface area (Å²) < 4.78 is 5.75. The number of nitrogens with zero attached hydrogens (tertiary/aromatic N) is 4. The molecular weight excluding hydrogens is 418 g/mol. The fourth-order valence-electron chi connectivity index (χ4n) is 3.31. The number of rotatable bonds is 6. The molecule has 0 bridgehead atoms. The van der Waals surface area contributed by atoms with E-state index in [1.165, 1.54) is 35.0 Å². The van der Waals surface area contributed by atoms with Gasteiger partial charge in [0.25, 0.3) is 11.6 Å². The first-order valence-electron chi connectivity index (χ1n) is 9.76. The molecule has 1 aromatic heterocycles. The predicted molar refractivity (Wildman–Crippen MR) is 120 cm³/mol. The number of furan rings is 1. The topological polar surface area (TPSA) is 125 Å². The Morgan fingerprint density at radius 1 is 1.29 bits per heavy atom. The molecule has 2 aromatic rings. The van der Waals surface area contributed by atoms with Crippen molar-refractivity contribution in [1.82, 2.24) is 5.01 Å². The highest BCUT2D eigenvalue weighted by atomic mass is 32.2. The number of carbonyl (C=O) groups is 1. The van der Waals surface area contributed by atoms with Gasteiger partial charge in [-0.25, -0.2) is 0 Å². The highest BCUT2D eigenvalue weighted by Gasteiger charge is 2.37. The number of hydrogen-bond donors (Lipinski definition) is 1. The molecule has 10 heteroatoms. The molecule has 4 rings (SSSR count). The molecule has 0 radical (unpaired) electrons. The highest BCUT2D eigenvalue weighted by Crippen LogP contribution is 2.33. The number of fused-ring (bicyclic) bond motifs is 1. The zero-order valence-electron chi connectivity index (χ0n) is 16.9. The maximum atomic E-state index is 12.6. The Balaban J connectivity index is 1.62. The van der Waals surface area contributed by atoms with Crippen LogP contribution in [-0.2, 0) is 4.79 Å². The van der Waals surface area contributed by atoms with Crippen molar-refractivity contribution in [2.75, 3.05) is 0 Å². The quantitative estimate of drug-likeness (QED) is 0.389. The lowest BCUT2D eigenvalue weighted by Crippen LogP contribution is -2.35. The van der Waals surface area contributed by atoms with E-state index in [1.807, 2.05) is 0 Å². The Morgan fingerprint density at radius 2 is 2.06 bits per heavy atom. The molecular formula is C21H19N5O4S. The van der Waals surface area contributed by atoms with Crippen LogP contribution < -0.4 is 0 Å². The first kappa shape index (κ1) is 20.7. The number of amides is 1. The number of benzene rings is 1. The maximum absolute atomic E-state index is 12.6. The molecule has 0 atom stereocenters. The molecule has 1 amide bonds. The summed E-state index contributed by atoms with van der Waals surface area (Å²) in [6.07, 6.45) is 3.28. The minimum Gasteiger partial charge on any atom is -0.457 e. The van der Waals surface area contributed by atoms with Crippen LogP contribution in [0.1, 0.15) is 32.4 Å². The van der Waals surface area contributed by atoms with Gasteiger partial charge in [0.1, 0.15) is 16.6 Å². The van der Waals surface area contributed by atoms with Crippen LogP contribution in [0.5, 0.6) is 0 Å². The van der Waals surface area contributed by atoms with E-state index in [0.717, 1.165) is 17.9 Å². The third-order valence-corrected chi connectivity index (χ3v) is 6.13. The Morgan fingerprint density at radius 3 is 2.77 bits per heavy atom. The zero-order chi connectivity index (χ0) is 22.1. The summed E-state index contributed by atoms with van der Waals surface area (Å²) in [5, 5.41) is 26.6. The standard InChI is InChI=1S/C21H19N5O4S/c1-3-12(4-2)20-24-25-18(22)16(19(27)23-21(25)31-20)11-15-8-9-17(30-15)13-6-5-7-14(10-13)26(28)29/h5-12,22H,3-4H2,1-2H3. The lowest BCUT2D eigenvalue weighted by Gasteiger charge is -2.19. The van der Waals surface area contributed by atoms with Crippen LogP contribution in [-0.4, -0.2) is 31.9 Å². The highest BCUT2D eigenvalue weighted by molar-refractivity contribution is 8.27. The molecule has 0 saturated carbocycles. The fourth-order valence-corrected chi connectivity index (χ4v) is 4.47. The van der Waals surface area contributed by atoms with Crippen molar-refractivity contribution in [2.45, 2.75) is 26.7 Å². The SMILES string of the molecule is CCC(CC)C1=NN2C(=N)C(=Cc3ccc(-c4cccc([N+](=O)[O-])c4)o3)C(=O)N=C2S1. The smallest absolute Gasteiger partial charge is 0.283 e. The number of nitrogens with one attached hydrogen (secondary N) is 1. The van der Waals surface area contributed by atoms with E-state index in [0.29, 0.717) is 22.3 Å². The summed E-state index contributed by atoms with van der Waals surface area (Å²) in [4.78, 5) is 27.2. The molecule has 1 aromatic carbocycles. The van der Waals surface area contributed by atoms with Gasteiger partial charge in [-0.2, -0.15) is 15.1 Å². The van der Waals surface area contributed by atoms with E-state index >= 15 is 0 Å². The van der Waals surface area contributed by atoms with Gasteiger partial charge >= 0.3 is 0 Å². The van der Waals surface area contributed by atoms with E-state index < -0.39 is 10.8 Å². The van der Waals surface area contributed by atoms with Crippen molar-refractivity contribution in [3.63, 3.8) is 0 Å². The van der Waals surface area contributed by atoms with Crippen molar-refractivity contribution in [3.05, 3.63) is 57.8 Å². The van der Waals surface area contributed by atoms with Crippen LogP contribution in [0.15, 0.2) is 56.5 Å². The first-order valence-corrected chi connectivity index (χ1v) is 10.6. The summed E-state index contributed by atoms with van der Waals surface area (Å²) in [5.74, 6) is 0.426. The second-order valence-corrected chi connectivity index (χ2v) is 7.97. The van der Waals surface area contributed by atoms with Gasteiger partial charge in [0.2, 0.25) is 5.17 Å². The van der Waals surface area contributed by atoms with Crippen LogP contribution in [0.2, 0.25) is 0 Å². The average Bonchev–Trinajstić information content (AvgIpc) is 3.39. The Hall–Kier alpha value is -3.53. The Bertz CT molecular complexity index is 1180. The Labute approximate surface area is 182 Å². The van der Waals surface area contributed by atoms with Crippen LogP contribution in [0.25, 0.3) is 17.4 Å². The normalized spacial score (nSPS) is 17.3. The number of non-ortho nitro benzene ring substituents is 1. The molecule has 0 fully saturated rings. The number of nitro groups is 1. The van der Waals surface area contributed by atoms with Gasteiger partial charge in [0.05, 0.1) is 10.5 Å². The van der Waals surface area contributed by atoms with Crippen molar-refractivity contribution >= 4 is 45.5 Å². The van der Waals surface area contributed by atoms with Gasteiger partial charge in [-0.3, -0.25) is 20.3 Å². The molecule has 3 heterocycles. The summed E-state index contributed by atoms with van der Waals surface area (Å²) in [6.45, 7) is 4.15. The van der Waals surface area contributed by atoms with Crippen molar-refractivity contribution in [3.8, 4) is 11.3 Å². The van der Waals surface area contributed by atoms with E-state index in [-0.39, 0.29) is 23.0 Å². The van der Waals surface area contributed by atoms with Crippen LogP contribution >= 0.6 is 11.8 Å². The number of hydrogen-bond acceptors (Lipinski definition) is 7. The molecule has 0 saturated heterocycles. The molecule has 0 aliphatic carbocycles. The second-order valence-electron chi connectivity index (χ2n) is 6.98. The van der Waals surface area contributed by atoms with Gasteiger partial charge in [0.15, 0.2) is 5.84 Å². The number of thioether (sulfide) groups is 1. The molecule has 0 unspecified atom stereocenters. The summed E-state index contributed by atoms with van der Waals surface area (Å²) in [5.41, 5.74) is 0.566. The molecule has 0 spiro atoms. The molecule has 158 valence electrons. The number of carbonyl (C=O) groups excluding carboxylic acids is 1. The minimum absolute atomic E-state index is 0.0439. The maximum Gasteiger partial charge on any atom is 0.283 e. The van der Waals surface area contributed by atoms with Gasteiger partial charge in [-0.1, -0.05) is 26.0 Å². The number of hydrazone groups is 1. The minimum atomic E-state index is -0.530. The number of aliphatic imine (C=N–C) groups is 1. The van der Waals surface area contributed by atoms with Gasteiger partial charge < -0.3 is 4.42 Å². The molecule has 9 nitrogen and oxygen atoms in total. The Kier molecular flexibility index (Phi) is 5.55. The number of amidine groups is 2. The van der Waals surface area contributed by atoms with E-state index in [1.54, 1.807) is 24.3 Å². The molecule has 31 heavy (non-hydrogen) atoms. The van der Waals surface area contributed by atoms with Gasteiger partial charge in [-0.05, 0) is 42.8 Å². The predicted octanol–water partition coefficient (Wildman–Crippen LogP) is 4.91. The summed E-state index contributed by atoms with van der Waals surface area (Å²) in [7, 11) is 0. The average molecular weight is 437 g/mol. The zero-order valence-corrected chi connectivity index (χ0v) is 17.7. The summed E-state index contributed by atoms with van der Waals surface area (Å²) >= 11 is 1.33. The van der Waals surface area contributed by atoms with Crippen LogP contribution in [0.4, 0.5) is 5.69 Å². The second kappa shape index (κ2) is 8.31.